The van der Waals surface area contributed by atoms with Crippen LogP contribution < -0.4 is 5.48 Å². The average Bonchev–Trinajstić information content (AvgIpc) is 1.86. The van der Waals surface area contributed by atoms with E-state index in [0.29, 0.717) is 6.54 Å². The smallest absolute Gasteiger partial charge is 0.322 e. The van der Waals surface area contributed by atoms with Gasteiger partial charge in [-0.05, 0) is 6.92 Å². The van der Waals surface area contributed by atoms with E-state index < -0.39 is 0 Å². The van der Waals surface area contributed by atoms with Crippen LogP contribution in [0, 0.1) is 0 Å². The summed E-state index contributed by atoms with van der Waals surface area (Å²) < 4.78 is 0. The lowest BCUT2D eigenvalue weighted by Crippen LogP contribution is -2.37. The molecule has 0 unspecified atom stereocenters. The molecule has 0 saturated heterocycles. The molecule has 0 aromatic carbocycles. The molecule has 0 aromatic heterocycles. The fraction of sp³-hybridized carbons (Fsp3) is 0.571. The predicted molar refractivity (Wildman–Crippen MR) is 43.0 cm³/mol. The molecule has 4 nitrogen and oxygen atoms in total. The SMILES string of the molecule is C=C(C)CN(C)C(=O)NOC. The first-order valence-electron chi connectivity index (χ1n) is 3.26. The topological polar surface area (TPSA) is 41.6 Å². The van der Waals surface area contributed by atoms with Crippen molar-refractivity contribution >= 4 is 6.03 Å². The lowest BCUT2D eigenvalue weighted by Gasteiger charge is -2.16. The van der Waals surface area contributed by atoms with Gasteiger partial charge in [-0.25, -0.2) is 10.3 Å². The molecule has 1 N–H and O–H groups in total. The van der Waals surface area contributed by atoms with E-state index in [-0.39, 0.29) is 6.03 Å². The Balaban J connectivity index is 3.73. The maximum absolute atomic E-state index is 10.9. The van der Waals surface area contributed by atoms with E-state index in [9.17, 15) is 4.79 Å². The lowest BCUT2D eigenvalue weighted by molar-refractivity contribution is 0.0923. The molecule has 0 heterocycles. The summed E-state index contributed by atoms with van der Waals surface area (Å²) in [4.78, 5) is 16.8. The maximum Gasteiger partial charge on any atom is 0.341 e. The molecule has 0 aliphatic heterocycles. The van der Waals surface area contributed by atoms with Gasteiger partial charge in [-0.15, -0.1) is 0 Å². The average molecular weight is 158 g/mol. The van der Waals surface area contributed by atoms with Crippen LogP contribution in [0.25, 0.3) is 0 Å². The summed E-state index contributed by atoms with van der Waals surface area (Å²) in [5.74, 6) is 0. The normalized spacial score (nSPS) is 9.00. The van der Waals surface area contributed by atoms with Gasteiger partial charge in [0.05, 0.1) is 7.11 Å². The standard InChI is InChI=1S/C7H14N2O2/c1-6(2)5-9(3)7(10)8-11-4/h1,5H2,2-4H3,(H,8,10). The zero-order chi connectivity index (χ0) is 8.85. The second-order valence-electron chi connectivity index (χ2n) is 2.42. The molecule has 4 heteroatoms. The molecule has 0 fully saturated rings. The van der Waals surface area contributed by atoms with Crippen molar-refractivity contribution in [3.05, 3.63) is 12.2 Å². The summed E-state index contributed by atoms with van der Waals surface area (Å²) in [7, 11) is 3.07. The summed E-state index contributed by atoms with van der Waals surface area (Å²) in [5.41, 5.74) is 3.13. The van der Waals surface area contributed by atoms with Gasteiger partial charge in [0.1, 0.15) is 0 Å². The van der Waals surface area contributed by atoms with Crippen LogP contribution >= 0.6 is 0 Å². The van der Waals surface area contributed by atoms with Crippen molar-refractivity contribution in [2.45, 2.75) is 6.92 Å². The Hall–Kier alpha value is -1.03. The van der Waals surface area contributed by atoms with Crippen LogP contribution in [-0.2, 0) is 4.84 Å². The molecule has 0 atom stereocenters. The molecular weight excluding hydrogens is 144 g/mol. The van der Waals surface area contributed by atoms with Crippen LogP contribution in [-0.4, -0.2) is 31.6 Å². The van der Waals surface area contributed by atoms with Gasteiger partial charge >= 0.3 is 6.03 Å². The van der Waals surface area contributed by atoms with E-state index in [1.54, 1.807) is 7.05 Å². The molecule has 11 heavy (non-hydrogen) atoms. The largest absolute Gasteiger partial charge is 0.341 e. The fourth-order valence-corrected chi connectivity index (χ4v) is 0.642. The van der Waals surface area contributed by atoms with Crippen LogP contribution in [0.2, 0.25) is 0 Å². The number of hydrogen-bond donors (Lipinski definition) is 1. The number of likely N-dealkylation sites (N-methyl/N-ethyl adjacent to an activating group) is 1. The van der Waals surface area contributed by atoms with Gasteiger partial charge in [-0.2, -0.15) is 0 Å². The second kappa shape index (κ2) is 4.73. The predicted octanol–water partition coefficient (Wildman–Crippen LogP) is 0.765. The number of amides is 2. The molecule has 0 aromatic rings. The minimum Gasteiger partial charge on any atom is -0.322 e. The van der Waals surface area contributed by atoms with Gasteiger partial charge in [-0.3, -0.25) is 4.84 Å². The van der Waals surface area contributed by atoms with Crippen molar-refractivity contribution in [2.24, 2.45) is 0 Å². The minimum absolute atomic E-state index is 0.268. The van der Waals surface area contributed by atoms with Gasteiger partial charge in [0.25, 0.3) is 0 Å². The Kier molecular flexibility index (Phi) is 4.29. The van der Waals surface area contributed by atoms with Crippen LogP contribution in [0.1, 0.15) is 6.92 Å². The number of nitrogens with one attached hydrogen (secondary N) is 1. The van der Waals surface area contributed by atoms with Gasteiger partial charge in [0.15, 0.2) is 0 Å². The minimum atomic E-state index is -0.268. The summed E-state index contributed by atoms with van der Waals surface area (Å²) >= 11 is 0. The Bertz CT molecular complexity index is 157. The third kappa shape index (κ3) is 4.38. The molecule has 2 amide bonds. The molecule has 0 aliphatic rings. The Morgan fingerprint density at radius 1 is 1.73 bits per heavy atom. The van der Waals surface area contributed by atoms with Crippen LogP contribution in [0.3, 0.4) is 0 Å². The van der Waals surface area contributed by atoms with Crippen molar-refractivity contribution in [2.75, 3.05) is 20.7 Å². The highest BCUT2D eigenvalue weighted by molar-refractivity contribution is 5.72. The first kappa shape index (κ1) is 9.97. The van der Waals surface area contributed by atoms with Crippen molar-refractivity contribution in [3.63, 3.8) is 0 Å². The number of hydrogen-bond acceptors (Lipinski definition) is 2. The molecule has 64 valence electrons. The Morgan fingerprint density at radius 3 is 2.64 bits per heavy atom. The van der Waals surface area contributed by atoms with E-state index in [1.807, 2.05) is 6.92 Å². The molecule has 0 saturated carbocycles. The van der Waals surface area contributed by atoms with Crippen molar-refractivity contribution < 1.29 is 9.63 Å². The van der Waals surface area contributed by atoms with E-state index >= 15 is 0 Å². The van der Waals surface area contributed by atoms with E-state index in [0.717, 1.165) is 5.57 Å². The van der Waals surface area contributed by atoms with Crippen molar-refractivity contribution in [1.82, 2.24) is 10.4 Å². The summed E-state index contributed by atoms with van der Waals surface area (Å²) in [6, 6.07) is -0.268. The highest BCUT2D eigenvalue weighted by atomic mass is 16.6. The zero-order valence-electron chi connectivity index (χ0n) is 7.18. The van der Waals surface area contributed by atoms with Gasteiger partial charge in [0, 0.05) is 13.6 Å². The Morgan fingerprint density at radius 2 is 2.27 bits per heavy atom. The quantitative estimate of drug-likeness (QED) is 0.487. The molecular formula is C7H14N2O2. The van der Waals surface area contributed by atoms with Crippen molar-refractivity contribution in [3.8, 4) is 0 Å². The third-order valence-corrected chi connectivity index (χ3v) is 1.04. The van der Waals surface area contributed by atoms with Gasteiger partial charge < -0.3 is 4.90 Å². The first-order chi connectivity index (χ1) is 5.07. The summed E-state index contributed by atoms with van der Waals surface area (Å²) in [6.07, 6.45) is 0. The van der Waals surface area contributed by atoms with E-state index in [1.165, 1.54) is 12.0 Å². The number of rotatable bonds is 3. The Labute approximate surface area is 66.8 Å². The molecule has 0 radical (unpaired) electrons. The van der Waals surface area contributed by atoms with E-state index in [2.05, 4.69) is 16.9 Å². The third-order valence-electron chi connectivity index (χ3n) is 1.04. The van der Waals surface area contributed by atoms with Crippen LogP contribution in [0.4, 0.5) is 4.79 Å². The van der Waals surface area contributed by atoms with E-state index in [4.69, 9.17) is 0 Å². The molecule has 0 bridgehead atoms. The monoisotopic (exact) mass is 158 g/mol. The lowest BCUT2D eigenvalue weighted by atomic mass is 10.3. The second-order valence-corrected chi connectivity index (χ2v) is 2.42. The van der Waals surface area contributed by atoms with Crippen molar-refractivity contribution in [1.29, 1.82) is 0 Å². The first-order valence-corrected chi connectivity index (χ1v) is 3.26. The molecule has 0 spiro atoms. The van der Waals surface area contributed by atoms with Crippen LogP contribution in [0.5, 0.6) is 0 Å². The number of nitrogens with zero attached hydrogens (tertiary/aromatic N) is 1. The highest BCUT2D eigenvalue weighted by Gasteiger charge is 2.05. The van der Waals surface area contributed by atoms with Gasteiger partial charge in [-0.1, -0.05) is 12.2 Å². The molecule has 0 rings (SSSR count). The number of carbonyl (C=O) groups excluding carboxylic acids is 1. The number of carbonyl (C=O) groups is 1. The number of urea groups is 1. The summed E-state index contributed by atoms with van der Waals surface area (Å²) in [6.45, 7) is 6.07. The maximum atomic E-state index is 10.9. The van der Waals surface area contributed by atoms with Gasteiger partial charge in [0.2, 0.25) is 0 Å². The highest BCUT2D eigenvalue weighted by Crippen LogP contribution is 1.91. The number of hydroxylamine groups is 1. The summed E-state index contributed by atoms with van der Waals surface area (Å²) in [5, 5.41) is 0. The fourth-order valence-electron chi connectivity index (χ4n) is 0.642. The zero-order valence-corrected chi connectivity index (χ0v) is 7.18. The molecule has 0 aliphatic carbocycles. The van der Waals surface area contributed by atoms with Crippen LogP contribution in [0.15, 0.2) is 12.2 Å².